The highest BCUT2D eigenvalue weighted by molar-refractivity contribution is 5.88. The molecule has 1 aliphatic rings. The van der Waals surface area contributed by atoms with Crippen molar-refractivity contribution in [1.29, 1.82) is 0 Å². The fraction of sp³-hybridized carbons (Fsp3) is 0.875. The van der Waals surface area contributed by atoms with Gasteiger partial charge in [-0.05, 0) is 25.2 Å². The van der Waals surface area contributed by atoms with Gasteiger partial charge in [0.25, 0.3) is 0 Å². The minimum absolute atomic E-state index is 0.671. The fourth-order valence-electron chi connectivity index (χ4n) is 1.89. The molecular formula is C8H16N2. The van der Waals surface area contributed by atoms with Crippen molar-refractivity contribution < 1.29 is 0 Å². The summed E-state index contributed by atoms with van der Waals surface area (Å²) in [4.78, 5) is 0. The van der Waals surface area contributed by atoms with Gasteiger partial charge >= 0.3 is 0 Å². The molecule has 1 aliphatic carbocycles. The molecule has 1 fully saturated rings. The van der Waals surface area contributed by atoms with Crippen LogP contribution in [0.15, 0.2) is 5.10 Å². The van der Waals surface area contributed by atoms with E-state index in [0.29, 0.717) is 5.92 Å². The molecule has 0 spiro atoms. The Morgan fingerprint density at radius 3 is 2.80 bits per heavy atom. The highest BCUT2D eigenvalue weighted by Crippen LogP contribution is 2.30. The van der Waals surface area contributed by atoms with Crippen LogP contribution in [-0.4, -0.2) is 5.71 Å². The summed E-state index contributed by atoms with van der Waals surface area (Å²) in [6.45, 7) is 4.49. The van der Waals surface area contributed by atoms with Gasteiger partial charge in [0.1, 0.15) is 0 Å². The van der Waals surface area contributed by atoms with Crippen LogP contribution in [0.2, 0.25) is 0 Å². The van der Waals surface area contributed by atoms with Gasteiger partial charge in [0.05, 0.1) is 0 Å². The standard InChI is InChI=1S/C8H16N2/c1-3-7-6(2)4-5-8(7)10-9/h6-7H,3-5,9H2,1-2H3/b10-8-/t6-,7+/m1/s1. The molecule has 0 radical (unpaired) electrons. The summed E-state index contributed by atoms with van der Waals surface area (Å²) in [5.74, 6) is 6.72. The van der Waals surface area contributed by atoms with Crippen LogP contribution in [0.3, 0.4) is 0 Å². The second-order valence-corrected chi connectivity index (χ2v) is 3.15. The molecule has 1 saturated carbocycles. The summed E-state index contributed by atoms with van der Waals surface area (Å²) in [6.07, 6.45) is 3.59. The Labute approximate surface area is 62.5 Å². The first-order valence-electron chi connectivity index (χ1n) is 4.06. The maximum absolute atomic E-state index is 5.25. The van der Waals surface area contributed by atoms with Crippen LogP contribution in [0.5, 0.6) is 0 Å². The molecule has 0 aromatic carbocycles. The third kappa shape index (κ3) is 1.15. The summed E-state index contributed by atoms with van der Waals surface area (Å²) < 4.78 is 0. The summed E-state index contributed by atoms with van der Waals surface area (Å²) in [5.41, 5.74) is 1.23. The van der Waals surface area contributed by atoms with Crippen molar-refractivity contribution in [2.45, 2.75) is 33.1 Å². The molecular weight excluding hydrogens is 124 g/mol. The van der Waals surface area contributed by atoms with Gasteiger partial charge in [-0.2, -0.15) is 5.10 Å². The zero-order chi connectivity index (χ0) is 7.56. The van der Waals surface area contributed by atoms with Crippen molar-refractivity contribution in [3.8, 4) is 0 Å². The SMILES string of the molecule is CC[C@@H]1/C(=N\N)CC[C@H]1C. The van der Waals surface area contributed by atoms with Gasteiger partial charge in [-0.15, -0.1) is 0 Å². The van der Waals surface area contributed by atoms with Crippen molar-refractivity contribution in [1.82, 2.24) is 0 Å². The monoisotopic (exact) mass is 140 g/mol. The molecule has 10 heavy (non-hydrogen) atoms. The molecule has 0 aromatic rings. The van der Waals surface area contributed by atoms with Crippen molar-refractivity contribution in [2.24, 2.45) is 22.8 Å². The van der Waals surface area contributed by atoms with Gasteiger partial charge in [0, 0.05) is 11.6 Å². The number of nitrogens with two attached hydrogens (primary N) is 1. The van der Waals surface area contributed by atoms with E-state index in [1.165, 1.54) is 18.6 Å². The topological polar surface area (TPSA) is 38.4 Å². The molecule has 2 nitrogen and oxygen atoms in total. The zero-order valence-electron chi connectivity index (χ0n) is 6.80. The van der Waals surface area contributed by atoms with Gasteiger partial charge in [0.15, 0.2) is 0 Å². The lowest BCUT2D eigenvalue weighted by atomic mass is 9.95. The minimum Gasteiger partial charge on any atom is -0.323 e. The molecule has 2 N–H and O–H groups in total. The van der Waals surface area contributed by atoms with Crippen LogP contribution in [0.25, 0.3) is 0 Å². The maximum atomic E-state index is 5.25. The molecule has 0 bridgehead atoms. The largest absolute Gasteiger partial charge is 0.323 e. The van der Waals surface area contributed by atoms with E-state index >= 15 is 0 Å². The van der Waals surface area contributed by atoms with Crippen LogP contribution in [0, 0.1) is 11.8 Å². The van der Waals surface area contributed by atoms with Crippen LogP contribution in [-0.2, 0) is 0 Å². The molecule has 0 heterocycles. The van der Waals surface area contributed by atoms with E-state index in [9.17, 15) is 0 Å². The van der Waals surface area contributed by atoms with Crippen molar-refractivity contribution in [3.63, 3.8) is 0 Å². The average Bonchev–Trinajstić information content (AvgIpc) is 2.30. The molecule has 2 atom stereocenters. The molecule has 0 aromatic heterocycles. The van der Waals surface area contributed by atoms with Gasteiger partial charge in [-0.1, -0.05) is 13.8 Å². The zero-order valence-corrected chi connectivity index (χ0v) is 6.80. The first-order chi connectivity index (χ1) is 4.79. The third-order valence-electron chi connectivity index (χ3n) is 2.58. The number of hydrogen-bond acceptors (Lipinski definition) is 2. The highest BCUT2D eigenvalue weighted by atomic mass is 15.1. The van der Waals surface area contributed by atoms with Crippen LogP contribution >= 0.6 is 0 Å². The third-order valence-corrected chi connectivity index (χ3v) is 2.58. The van der Waals surface area contributed by atoms with Crippen LogP contribution < -0.4 is 5.84 Å². The normalized spacial score (nSPS) is 37.2. The Bertz CT molecular complexity index is 140. The Balaban J connectivity index is 2.63. The quantitative estimate of drug-likeness (QED) is 0.437. The summed E-state index contributed by atoms with van der Waals surface area (Å²) in [7, 11) is 0. The number of rotatable bonds is 1. The first-order valence-corrected chi connectivity index (χ1v) is 4.06. The first kappa shape index (κ1) is 7.58. The lowest BCUT2D eigenvalue weighted by molar-refractivity contribution is 0.468. The van der Waals surface area contributed by atoms with Gasteiger partial charge in [0.2, 0.25) is 0 Å². The number of nitrogens with zero attached hydrogens (tertiary/aromatic N) is 1. The van der Waals surface area contributed by atoms with Crippen molar-refractivity contribution in [3.05, 3.63) is 0 Å². The number of hydrazone groups is 1. The van der Waals surface area contributed by atoms with E-state index < -0.39 is 0 Å². The molecule has 0 saturated heterocycles. The van der Waals surface area contributed by atoms with Crippen molar-refractivity contribution in [2.75, 3.05) is 0 Å². The second kappa shape index (κ2) is 3.04. The Hall–Kier alpha value is -0.530. The van der Waals surface area contributed by atoms with Crippen LogP contribution in [0.1, 0.15) is 33.1 Å². The van der Waals surface area contributed by atoms with Gasteiger partial charge in [-0.25, -0.2) is 0 Å². The summed E-state index contributed by atoms with van der Waals surface area (Å²) >= 11 is 0. The average molecular weight is 140 g/mol. The predicted octanol–water partition coefficient (Wildman–Crippen LogP) is 1.76. The lowest BCUT2D eigenvalue weighted by Crippen LogP contribution is -2.12. The Morgan fingerprint density at radius 2 is 2.40 bits per heavy atom. The number of hydrogen-bond donors (Lipinski definition) is 1. The fourth-order valence-corrected chi connectivity index (χ4v) is 1.89. The molecule has 0 aliphatic heterocycles. The highest BCUT2D eigenvalue weighted by Gasteiger charge is 2.27. The van der Waals surface area contributed by atoms with Gasteiger partial charge < -0.3 is 5.84 Å². The smallest absolute Gasteiger partial charge is 0.0409 e. The molecule has 0 amide bonds. The van der Waals surface area contributed by atoms with E-state index in [4.69, 9.17) is 5.84 Å². The lowest BCUT2D eigenvalue weighted by Gasteiger charge is -2.11. The van der Waals surface area contributed by atoms with Crippen LogP contribution in [0.4, 0.5) is 0 Å². The van der Waals surface area contributed by atoms with E-state index in [-0.39, 0.29) is 0 Å². The molecule has 2 heteroatoms. The molecule has 58 valence electrons. The van der Waals surface area contributed by atoms with E-state index in [2.05, 4.69) is 18.9 Å². The Morgan fingerprint density at radius 1 is 1.70 bits per heavy atom. The molecule has 0 unspecified atom stereocenters. The minimum atomic E-state index is 0.671. The summed E-state index contributed by atoms with van der Waals surface area (Å²) in [5, 5.41) is 3.81. The van der Waals surface area contributed by atoms with E-state index in [0.717, 1.165) is 12.3 Å². The van der Waals surface area contributed by atoms with E-state index in [1.807, 2.05) is 0 Å². The maximum Gasteiger partial charge on any atom is 0.0409 e. The molecule has 1 rings (SSSR count). The van der Waals surface area contributed by atoms with Gasteiger partial charge in [-0.3, -0.25) is 0 Å². The van der Waals surface area contributed by atoms with Crippen molar-refractivity contribution >= 4 is 5.71 Å². The predicted molar refractivity (Wildman–Crippen MR) is 43.8 cm³/mol. The van der Waals surface area contributed by atoms with E-state index in [1.54, 1.807) is 0 Å². The Kier molecular flexibility index (Phi) is 2.30. The summed E-state index contributed by atoms with van der Waals surface area (Å²) in [6, 6.07) is 0. The second-order valence-electron chi connectivity index (χ2n) is 3.15.